The number of hydrogen-bond donors (Lipinski definition) is 1. The van der Waals surface area contributed by atoms with Crippen molar-refractivity contribution in [1.29, 1.82) is 0 Å². The molecule has 0 unspecified atom stereocenters. The molecule has 0 amide bonds. The zero-order valence-corrected chi connectivity index (χ0v) is 13.4. The van der Waals surface area contributed by atoms with Gasteiger partial charge in [-0.25, -0.2) is 9.37 Å². The predicted octanol–water partition coefficient (Wildman–Crippen LogP) is 4.84. The first-order valence-corrected chi connectivity index (χ1v) is 8.00. The number of thiazole rings is 1. The minimum Gasteiger partial charge on any atom is -0.325 e. The fraction of sp³-hybridized carbons (Fsp3) is 0.0625. The van der Waals surface area contributed by atoms with Crippen LogP contribution in [0.25, 0.3) is 21.0 Å². The summed E-state index contributed by atoms with van der Waals surface area (Å²) >= 11 is 4.73. The fourth-order valence-electron chi connectivity index (χ4n) is 2.08. The Morgan fingerprint density at radius 1 is 1.14 bits per heavy atom. The average molecular weight is 363 g/mol. The van der Waals surface area contributed by atoms with Crippen LogP contribution in [-0.2, 0) is 6.54 Å². The third-order valence-electron chi connectivity index (χ3n) is 3.09. The number of aromatic nitrogens is 1. The highest BCUT2D eigenvalue weighted by atomic mass is 79.9. The van der Waals surface area contributed by atoms with Gasteiger partial charge < -0.3 is 5.73 Å². The number of rotatable bonds is 3. The number of nitrogens with zero attached hydrogens (tertiary/aromatic N) is 1. The van der Waals surface area contributed by atoms with Crippen molar-refractivity contribution >= 4 is 27.3 Å². The van der Waals surface area contributed by atoms with Gasteiger partial charge in [0.05, 0.1) is 10.6 Å². The summed E-state index contributed by atoms with van der Waals surface area (Å²) in [6.07, 6.45) is 0. The normalized spacial score (nSPS) is 10.8. The van der Waals surface area contributed by atoms with Crippen LogP contribution in [0, 0.1) is 5.82 Å². The van der Waals surface area contributed by atoms with Gasteiger partial charge in [0.2, 0.25) is 0 Å². The number of hydrogen-bond acceptors (Lipinski definition) is 3. The number of halogens is 2. The number of benzene rings is 2. The first-order chi connectivity index (χ1) is 10.2. The van der Waals surface area contributed by atoms with E-state index >= 15 is 0 Å². The minimum atomic E-state index is -0.290. The Bertz CT molecular complexity index is 771. The van der Waals surface area contributed by atoms with Crippen molar-refractivity contribution in [2.75, 3.05) is 0 Å². The molecule has 0 bridgehead atoms. The maximum atomic E-state index is 14.1. The molecule has 5 heteroatoms. The molecular weight excluding hydrogens is 351 g/mol. The Morgan fingerprint density at radius 2 is 1.90 bits per heavy atom. The second-order valence-corrected chi connectivity index (χ2v) is 6.40. The van der Waals surface area contributed by atoms with Gasteiger partial charge in [0, 0.05) is 16.6 Å². The molecule has 3 rings (SSSR count). The summed E-state index contributed by atoms with van der Waals surface area (Å²) < 4.78 is 14.8. The molecule has 2 N–H and O–H groups in total. The molecule has 21 heavy (non-hydrogen) atoms. The molecule has 0 aliphatic carbocycles. The van der Waals surface area contributed by atoms with Crippen LogP contribution in [-0.4, -0.2) is 4.98 Å². The predicted molar refractivity (Wildman–Crippen MR) is 88.5 cm³/mol. The zero-order chi connectivity index (χ0) is 14.8. The van der Waals surface area contributed by atoms with Crippen molar-refractivity contribution in [2.24, 2.45) is 5.73 Å². The molecular formula is C16H12BrFN2S. The summed E-state index contributed by atoms with van der Waals surface area (Å²) in [4.78, 5) is 5.50. The largest absolute Gasteiger partial charge is 0.325 e. The highest BCUT2D eigenvalue weighted by Gasteiger charge is 2.15. The van der Waals surface area contributed by atoms with E-state index in [9.17, 15) is 4.39 Å². The molecule has 0 spiro atoms. The third-order valence-corrected chi connectivity index (χ3v) is 4.76. The molecule has 0 radical (unpaired) electrons. The lowest BCUT2D eigenvalue weighted by Gasteiger charge is -1.99. The van der Waals surface area contributed by atoms with Crippen LogP contribution >= 0.6 is 27.3 Å². The van der Waals surface area contributed by atoms with Crippen molar-refractivity contribution in [3.63, 3.8) is 0 Å². The molecule has 106 valence electrons. The lowest BCUT2D eigenvalue weighted by atomic mass is 10.1. The summed E-state index contributed by atoms with van der Waals surface area (Å²) in [6, 6.07) is 14.9. The van der Waals surface area contributed by atoms with Gasteiger partial charge in [-0.05, 0) is 23.8 Å². The van der Waals surface area contributed by atoms with Crippen LogP contribution in [0.3, 0.4) is 0 Å². The molecule has 0 aliphatic heterocycles. The smallest absolute Gasteiger partial charge is 0.134 e. The van der Waals surface area contributed by atoms with E-state index in [2.05, 4.69) is 20.9 Å². The summed E-state index contributed by atoms with van der Waals surface area (Å²) in [5.74, 6) is -0.290. The van der Waals surface area contributed by atoms with E-state index < -0.39 is 0 Å². The summed E-state index contributed by atoms with van der Waals surface area (Å²) in [6.45, 7) is 0.332. The van der Waals surface area contributed by atoms with Gasteiger partial charge in [-0.1, -0.05) is 46.3 Å². The fourth-order valence-corrected chi connectivity index (χ4v) is 3.54. The lowest BCUT2D eigenvalue weighted by molar-refractivity contribution is 0.630. The Balaban J connectivity index is 2.12. The summed E-state index contributed by atoms with van der Waals surface area (Å²) in [5.41, 5.74) is 8.13. The van der Waals surface area contributed by atoms with Crippen LogP contribution in [0.4, 0.5) is 4.39 Å². The quantitative estimate of drug-likeness (QED) is 0.723. The molecule has 1 aromatic heterocycles. The van der Waals surface area contributed by atoms with Gasteiger partial charge in [-0.15, -0.1) is 11.3 Å². The van der Waals surface area contributed by atoms with Crippen LogP contribution in [0.1, 0.15) is 5.69 Å². The molecule has 1 heterocycles. The van der Waals surface area contributed by atoms with Crippen LogP contribution in [0.2, 0.25) is 0 Å². The average Bonchev–Trinajstić information content (AvgIpc) is 2.92. The monoisotopic (exact) mass is 362 g/mol. The molecule has 0 saturated heterocycles. The van der Waals surface area contributed by atoms with Crippen molar-refractivity contribution in [3.8, 4) is 21.0 Å². The van der Waals surface area contributed by atoms with Gasteiger partial charge in [0.15, 0.2) is 0 Å². The van der Waals surface area contributed by atoms with Gasteiger partial charge in [-0.3, -0.25) is 0 Å². The van der Waals surface area contributed by atoms with Crippen LogP contribution in [0.5, 0.6) is 0 Å². The first-order valence-electron chi connectivity index (χ1n) is 6.39. The Hall–Kier alpha value is -1.56. The van der Waals surface area contributed by atoms with Crippen LogP contribution in [0.15, 0.2) is 53.0 Å². The van der Waals surface area contributed by atoms with E-state index in [4.69, 9.17) is 5.73 Å². The Kier molecular flexibility index (Phi) is 4.14. The molecule has 0 atom stereocenters. The highest BCUT2D eigenvalue weighted by molar-refractivity contribution is 9.10. The Labute approximate surface area is 134 Å². The molecule has 0 saturated carbocycles. The van der Waals surface area contributed by atoms with E-state index in [-0.39, 0.29) is 5.82 Å². The maximum Gasteiger partial charge on any atom is 0.134 e. The van der Waals surface area contributed by atoms with Gasteiger partial charge in [0.25, 0.3) is 0 Å². The lowest BCUT2D eigenvalue weighted by Crippen LogP contribution is -1.98. The second-order valence-electron chi connectivity index (χ2n) is 4.49. The minimum absolute atomic E-state index is 0.290. The van der Waals surface area contributed by atoms with Crippen molar-refractivity contribution in [2.45, 2.75) is 6.54 Å². The standard InChI is InChI=1S/C16H12BrFN2S/c17-11-6-7-12(13(18)8-11)16-20-14(9-19)15(21-16)10-4-2-1-3-5-10/h1-8H,9,19H2. The van der Waals surface area contributed by atoms with Crippen molar-refractivity contribution in [1.82, 2.24) is 4.98 Å². The van der Waals surface area contributed by atoms with E-state index in [1.165, 1.54) is 17.4 Å². The first kappa shape index (κ1) is 14.4. The molecule has 3 aromatic rings. The van der Waals surface area contributed by atoms with Gasteiger partial charge in [0.1, 0.15) is 10.8 Å². The SMILES string of the molecule is NCc1nc(-c2ccc(Br)cc2F)sc1-c1ccccc1. The zero-order valence-electron chi connectivity index (χ0n) is 11.0. The summed E-state index contributed by atoms with van der Waals surface area (Å²) in [7, 11) is 0. The third kappa shape index (κ3) is 2.90. The van der Waals surface area contributed by atoms with Crippen molar-refractivity contribution in [3.05, 3.63) is 64.5 Å². The van der Waals surface area contributed by atoms with Crippen LogP contribution < -0.4 is 5.73 Å². The van der Waals surface area contributed by atoms with Gasteiger partial charge in [-0.2, -0.15) is 0 Å². The topological polar surface area (TPSA) is 38.9 Å². The number of nitrogens with two attached hydrogens (primary N) is 1. The molecule has 2 nitrogen and oxygen atoms in total. The van der Waals surface area contributed by atoms with E-state index in [0.29, 0.717) is 21.6 Å². The second kappa shape index (κ2) is 6.05. The van der Waals surface area contributed by atoms with Crippen molar-refractivity contribution < 1.29 is 4.39 Å². The molecule has 0 fully saturated rings. The molecule has 2 aromatic carbocycles. The highest BCUT2D eigenvalue weighted by Crippen LogP contribution is 2.36. The maximum absolute atomic E-state index is 14.1. The van der Waals surface area contributed by atoms with Gasteiger partial charge >= 0.3 is 0 Å². The van der Waals surface area contributed by atoms with E-state index in [0.717, 1.165) is 16.1 Å². The van der Waals surface area contributed by atoms with E-state index in [1.54, 1.807) is 6.07 Å². The Morgan fingerprint density at radius 3 is 2.57 bits per heavy atom. The summed E-state index contributed by atoms with van der Waals surface area (Å²) in [5, 5.41) is 0.652. The van der Waals surface area contributed by atoms with E-state index in [1.807, 2.05) is 36.4 Å². The molecule has 0 aliphatic rings.